The van der Waals surface area contributed by atoms with Crippen LogP contribution in [-0.2, 0) is 17.6 Å². The van der Waals surface area contributed by atoms with Crippen molar-refractivity contribution in [1.29, 1.82) is 0 Å². The lowest BCUT2D eigenvalue weighted by Crippen LogP contribution is -2.24. The number of aliphatic hydroxyl groups excluding tert-OH is 1. The van der Waals surface area contributed by atoms with Crippen LogP contribution in [0.25, 0.3) is 0 Å². The molecule has 0 aliphatic heterocycles. The molecule has 0 spiro atoms. The zero-order valence-electron chi connectivity index (χ0n) is 16.1. The normalized spacial score (nSPS) is 11.3. The van der Waals surface area contributed by atoms with Crippen LogP contribution in [0, 0.1) is 0 Å². The summed E-state index contributed by atoms with van der Waals surface area (Å²) in [6, 6.07) is 21.0. The molecule has 1 aromatic heterocycles. The number of pyridine rings is 1. The first kappa shape index (κ1) is 22.6. The van der Waals surface area contributed by atoms with Crippen molar-refractivity contribution < 1.29 is 9.90 Å². The van der Waals surface area contributed by atoms with Crippen molar-refractivity contribution in [2.45, 2.75) is 18.9 Å². The maximum Gasteiger partial charge on any atom is 0.228 e. The summed E-state index contributed by atoms with van der Waals surface area (Å²) >= 11 is 0. The largest absolute Gasteiger partial charge is 0.387 e. The number of aliphatic hydroxyl groups is 1. The molecular weight excluding hydrogens is 386 g/mol. The average molecular weight is 412 g/mol. The molecule has 29 heavy (non-hydrogen) atoms. The Morgan fingerprint density at radius 1 is 0.966 bits per heavy atom. The number of carbonyl (C=O) groups excluding carboxylic acids is 1. The van der Waals surface area contributed by atoms with Gasteiger partial charge in [-0.15, -0.1) is 12.4 Å². The third-order valence-corrected chi connectivity index (χ3v) is 4.51. The summed E-state index contributed by atoms with van der Waals surface area (Å²) < 4.78 is 0. The van der Waals surface area contributed by atoms with Gasteiger partial charge in [-0.1, -0.05) is 48.5 Å². The van der Waals surface area contributed by atoms with E-state index in [0.29, 0.717) is 13.1 Å². The summed E-state index contributed by atoms with van der Waals surface area (Å²) in [5, 5.41) is 16.4. The smallest absolute Gasteiger partial charge is 0.228 e. The first-order chi connectivity index (χ1) is 13.7. The van der Waals surface area contributed by atoms with Gasteiger partial charge in [0.05, 0.1) is 12.5 Å². The summed E-state index contributed by atoms with van der Waals surface area (Å²) in [6.45, 7) is 1.19. The number of hydrogen-bond acceptors (Lipinski definition) is 4. The van der Waals surface area contributed by atoms with E-state index in [1.54, 1.807) is 12.4 Å². The van der Waals surface area contributed by atoms with Gasteiger partial charge in [-0.2, -0.15) is 0 Å². The zero-order chi connectivity index (χ0) is 19.6. The molecule has 3 rings (SSSR count). The van der Waals surface area contributed by atoms with Gasteiger partial charge >= 0.3 is 0 Å². The van der Waals surface area contributed by atoms with Gasteiger partial charge < -0.3 is 15.7 Å². The molecule has 3 aromatic rings. The lowest BCUT2D eigenvalue weighted by Gasteiger charge is -2.13. The Balaban J connectivity index is 0.00000300. The Bertz CT molecular complexity index is 876. The maximum absolute atomic E-state index is 12.3. The topological polar surface area (TPSA) is 74.2 Å². The molecule has 1 atom stereocenters. The van der Waals surface area contributed by atoms with Crippen LogP contribution < -0.4 is 10.6 Å². The quantitative estimate of drug-likeness (QED) is 0.471. The number of amides is 1. The predicted molar refractivity (Wildman–Crippen MR) is 118 cm³/mol. The molecule has 0 unspecified atom stereocenters. The molecule has 0 aliphatic carbocycles. The summed E-state index contributed by atoms with van der Waals surface area (Å²) in [5.41, 5.74) is 3.69. The number of aromatic nitrogens is 1. The van der Waals surface area contributed by atoms with Crippen molar-refractivity contribution in [2.75, 3.05) is 18.4 Å². The number of nitrogens with one attached hydrogen (secondary N) is 2. The second-order valence-electron chi connectivity index (χ2n) is 6.62. The highest BCUT2D eigenvalue weighted by Crippen LogP contribution is 2.12. The number of para-hydroxylation sites is 1. The van der Waals surface area contributed by atoms with Crippen LogP contribution in [0.2, 0.25) is 0 Å². The van der Waals surface area contributed by atoms with Gasteiger partial charge in [-0.05, 0) is 47.9 Å². The van der Waals surface area contributed by atoms with Crippen molar-refractivity contribution >= 4 is 24.0 Å². The van der Waals surface area contributed by atoms with Crippen LogP contribution in [0.15, 0.2) is 79.1 Å². The molecule has 1 heterocycles. The van der Waals surface area contributed by atoms with Gasteiger partial charge in [-0.3, -0.25) is 9.78 Å². The Morgan fingerprint density at radius 2 is 1.66 bits per heavy atom. The third-order valence-electron chi connectivity index (χ3n) is 4.51. The highest BCUT2D eigenvalue weighted by molar-refractivity contribution is 5.92. The maximum atomic E-state index is 12.3. The first-order valence-corrected chi connectivity index (χ1v) is 9.43. The molecule has 0 radical (unpaired) electrons. The van der Waals surface area contributed by atoms with Crippen LogP contribution in [0.4, 0.5) is 5.69 Å². The summed E-state index contributed by atoms with van der Waals surface area (Å²) in [7, 11) is 0. The fraction of sp³-hybridized carbons (Fsp3) is 0.217. The van der Waals surface area contributed by atoms with Gasteiger partial charge in [0.2, 0.25) is 5.91 Å². The van der Waals surface area contributed by atoms with Crippen molar-refractivity contribution in [3.8, 4) is 0 Å². The number of nitrogens with zero attached hydrogens (tertiary/aromatic N) is 1. The van der Waals surface area contributed by atoms with E-state index in [4.69, 9.17) is 0 Å². The third kappa shape index (κ3) is 7.31. The van der Waals surface area contributed by atoms with Gasteiger partial charge in [0.25, 0.3) is 0 Å². The van der Waals surface area contributed by atoms with Crippen molar-refractivity contribution in [1.82, 2.24) is 10.3 Å². The molecule has 0 saturated heterocycles. The van der Waals surface area contributed by atoms with Crippen LogP contribution in [0.1, 0.15) is 22.8 Å². The molecule has 5 nitrogen and oxygen atoms in total. The van der Waals surface area contributed by atoms with E-state index < -0.39 is 6.10 Å². The second-order valence-corrected chi connectivity index (χ2v) is 6.62. The molecule has 2 aromatic carbocycles. The predicted octanol–water partition coefficient (Wildman–Crippen LogP) is 3.55. The van der Waals surface area contributed by atoms with Crippen LogP contribution in [0.3, 0.4) is 0 Å². The standard InChI is InChI=1S/C23H25N3O2.ClH/c27-22(19-7-3-1-4-8-19)17-25-14-12-18-11-13-24-16-20(18)15-23(28)26-21-9-5-2-6-10-21;/h1-11,13,16,22,25,27H,12,14-15,17H2,(H,26,28);1H/t22-;/m0./s1. The number of halogens is 1. The SMILES string of the molecule is Cl.O=C(Cc1cnccc1CCNC[C@H](O)c1ccccc1)Nc1ccccc1. The number of carbonyl (C=O) groups is 1. The highest BCUT2D eigenvalue weighted by Gasteiger charge is 2.10. The van der Waals surface area contributed by atoms with Gasteiger partial charge in [-0.25, -0.2) is 0 Å². The molecule has 152 valence electrons. The lowest BCUT2D eigenvalue weighted by atomic mass is 10.0. The fourth-order valence-corrected chi connectivity index (χ4v) is 3.01. The van der Waals surface area contributed by atoms with E-state index in [1.165, 1.54) is 0 Å². The molecule has 0 aliphatic rings. The number of benzene rings is 2. The average Bonchev–Trinajstić information content (AvgIpc) is 2.73. The summed E-state index contributed by atoms with van der Waals surface area (Å²) in [4.78, 5) is 16.5. The number of anilines is 1. The monoisotopic (exact) mass is 411 g/mol. The Labute approximate surface area is 177 Å². The van der Waals surface area contributed by atoms with Gasteiger partial charge in [0.15, 0.2) is 0 Å². The van der Waals surface area contributed by atoms with E-state index in [9.17, 15) is 9.90 Å². The van der Waals surface area contributed by atoms with E-state index in [1.807, 2.05) is 66.7 Å². The number of rotatable bonds is 9. The molecule has 6 heteroatoms. The van der Waals surface area contributed by atoms with E-state index >= 15 is 0 Å². The zero-order valence-corrected chi connectivity index (χ0v) is 16.9. The van der Waals surface area contributed by atoms with Gasteiger partial charge in [0.1, 0.15) is 0 Å². The molecule has 3 N–H and O–H groups in total. The minimum Gasteiger partial charge on any atom is -0.387 e. The Hall–Kier alpha value is -2.73. The van der Waals surface area contributed by atoms with E-state index in [0.717, 1.165) is 28.8 Å². The molecule has 0 saturated carbocycles. The molecule has 0 fully saturated rings. The summed E-state index contributed by atoms with van der Waals surface area (Å²) in [5.74, 6) is -0.0621. The minimum absolute atomic E-state index is 0. The van der Waals surface area contributed by atoms with E-state index in [-0.39, 0.29) is 24.7 Å². The van der Waals surface area contributed by atoms with Crippen LogP contribution in [-0.4, -0.2) is 29.1 Å². The van der Waals surface area contributed by atoms with Crippen LogP contribution >= 0.6 is 12.4 Å². The van der Waals surface area contributed by atoms with Gasteiger partial charge in [0, 0.05) is 24.6 Å². The fourth-order valence-electron chi connectivity index (χ4n) is 3.01. The van der Waals surface area contributed by atoms with Crippen LogP contribution in [0.5, 0.6) is 0 Å². The Kier molecular flexibility index (Phi) is 9.31. The molecule has 0 bridgehead atoms. The van der Waals surface area contributed by atoms with E-state index in [2.05, 4.69) is 15.6 Å². The van der Waals surface area contributed by atoms with Crippen molar-refractivity contribution in [3.63, 3.8) is 0 Å². The minimum atomic E-state index is -0.533. The second kappa shape index (κ2) is 12.0. The lowest BCUT2D eigenvalue weighted by molar-refractivity contribution is -0.115. The Morgan fingerprint density at radius 3 is 2.38 bits per heavy atom. The molecular formula is C23H26ClN3O2. The van der Waals surface area contributed by atoms with Crippen molar-refractivity contribution in [2.24, 2.45) is 0 Å². The molecule has 1 amide bonds. The first-order valence-electron chi connectivity index (χ1n) is 9.43. The number of hydrogen-bond donors (Lipinski definition) is 3. The summed E-state index contributed by atoms with van der Waals surface area (Å²) in [6.07, 6.45) is 4.00. The van der Waals surface area contributed by atoms with Crippen molar-refractivity contribution in [3.05, 3.63) is 95.8 Å². The highest BCUT2D eigenvalue weighted by atomic mass is 35.5.